The van der Waals surface area contributed by atoms with E-state index in [9.17, 15) is 8.78 Å². The van der Waals surface area contributed by atoms with Crippen LogP contribution in [0.3, 0.4) is 0 Å². The third kappa shape index (κ3) is 2.39. The van der Waals surface area contributed by atoms with E-state index in [1.54, 1.807) is 6.07 Å². The lowest BCUT2D eigenvalue weighted by Gasteiger charge is -2.20. The predicted octanol–water partition coefficient (Wildman–Crippen LogP) is 3.84. The molecule has 102 valence electrons. The molecule has 1 N–H and O–H groups in total. The van der Waals surface area contributed by atoms with E-state index in [1.807, 2.05) is 17.0 Å². The highest BCUT2D eigenvalue weighted by Crippen LogP contribution is 2.34. The van der Waals surface area contributed by atoms with Gasteiger partial charge in [0.05, 0.1) is 15.9 Å². The molecule has 1 aromatic heterocycles. The summed E-state index contributed by atoms with van der Waals surface area (Å²) in [6, 6.07) is 5.50. The lowest BCUT2D eigenvalue weighted by Crippen LogP contribution is -2.26. The van der Waals surface area contributed by atoms with E-state index >= 15 is 0 Å². The Morgan fingerprint density at radius 2 is 2.11 bits per heavy atom. The van der Waals surface area contributed by atoms with E-state index in [-0.39, 0.29) is 12.8 Å². The summed E-state index contributed by atoms with van der Waals surface area (Å²) in [5, 5.41) is 8.55. The largest absolute Gasteiger partial charge is 0.354 e. The van der Waals surface area contributed by atoms with Crippen LogP contribution in [0.4, 0.5) is 14.6 Å². The number of anilines is 1. The van der Waals surface area contributed by atoms with E-state index in [4.69, 9.17) is 11.6 Å². The Labute approximate surface area is 114 Å². The number of alkyl halides is 2. The molecule has 3 nitrogen and oxygen atoms in total. The van der Waals surface area contributed by atoms with Gasteiger partial charge in [-0.15, -0.1) is 0 Å². The number of hydrogen-bond acceptors (Lipinski definition) is 2. The summed E-state index contributed by atoms with van der Waals surface area (Å²) in [5.74, 6) is -1.89. The number of rotatable bonds is 1. The SMILES string of the molecule is FC1(F)CCCN(c2n[nH]c3cccc(Cl)c23)CC1. The number of aromatic amines is 1. The molecule has 0 radical (unpaired) electrons. The standard InChI is InChI=1S/C13H14ClF2N3/c14-9-3-1-4-10-11(9)12(18-17-10)19-7-2-5-13(15,16)6-8-19/h1,3-4H,2,5-8H2,(H,17,18). The van der Waals surface area contributed by atoms with Gasteiger partial charge in [-0.3, -0.25) is 5.10 Å². The Morgan fingerprint density at radius 3 is 2.95 bits per heavy atom. The second kappa shape index (κ2) is 4.63. The van der Waals surface area contributed by atoms with Gasteiger partial charge in [0.15, 0.2) is 5.82 Å². The van der Waals surface area contributed by atoms with Crippen LogP contribution >= 0.6 is 11.6 Å². The molecule has 1 aliphatic heterocycles. The number of nitrogens with zero attached hydrogens (tertiary/aromatic N) is 2. The average molecular weight is 286 g/mol. The monoisotopic (exact) mass is 285 g/mol. The van der Waals surface area contributed by atoms with E-state index in [0.29, 0.717) is 30.4 Å². The minimum absolute atomic E-state index is 0.0560. The third-order valence-electron chi connectivity index (χ3n) is 3.54. The zero-order valence-electron chi connectivity index (χ0n) is 10.3. The first-order chi connectivity index (χ1) is 9.07. The fraction of sp³-hybridized carbons (Fsp3) is 0.462. The summed E-state index contributed by atoms with van der Waals surface area (Å²) >= 11 is 6.18. The van der Waals surface area contributed by atoms with Crippen molar-refractivity contribution in [1.29, 1.82) is 0 Å². The van der Waals surface area contributed by atoms with Crippen LogP contribution in [0.5, 0.6) is 0 Å². The number of fused-ring (bicyclic) bond motifs is 1. The maximum atomic E-state index is 13.4. The van der Waals surface area contributed by atoms with Crippen LogP contribution in [0.25, 0.3) is 10.9 Å². The second-order valence-electron chi connectivity index (χ2n) is 4.91. The Balaban J connectivity index is 1.96. The van der Waals surface area contributed by atoms with Crippen molar-refractivity contribution in [3.8, 4) is 0 Å². The smallest absolute Gasteiger partial charge is 0.249 e. The van der Waals surface area contributed by atoms with Gasteiger partial charge < -0.3 is 4.90 Å². The summed E-state index contributed by atoms with van der Waals surface area (Å²) in [6.45, 7) is 0.888. The molecule has 0 saturated carbocycles. The van der Waals surface area contributed by atoms with Crippen molar-refractivity contribution in [3.63, 3.8) is 0 Å². The Morgan fingerprint density at radius 1 is 1.26 bits per heavy atom. The molecule has 0 amide bonds. The molecule has 0 atom stereocenters. The van der Waals surface area contributed by atoms with Crippen LogP contribution in [-0.2, 0) is 0 Å². The number of H-pyrrole nitrogens is 1. The van der Waals surface area contributed by atoms with Crippen molar-refractivity contribution in [1.82, 2.24) is 10.2 Å². The molecule has 1 fully saturated rings. The van der Waals surface area contributed by atoms with Gasteiger partial charge in [0.25, 0.3) is 0 Å². The number of nitrogens with one attached hydrogen (secondary N) is 1. The maximum Gasteiger partial charge on any atom is 0.249 e. The lowest BCUT2D eigenvalue weighted by atomic mass is 10.1. The molecule has 0 aliphatic carbocycles. The van der Waals surface area contributed by atoms with Gasteiger partial charge in [-0.1, -0.05) is 17.7 Å². The fourth-order valence-electron chi connectivity index (χ4n) is 2.52. The van der Waals surface area contributed by atoms with Crippen LogP contribution in [0.1, 0.15) is 19.3 Å². The third-order valence-corrected chi connectivity index (χ3v) is 3.85. The molecule has 0 bridgehead atoms. The molecule has 1 aliphatic rings. The molecule has 3 rings (SSSR count). The molecule has 6 heteroatoms. The highest BCUT2D eigenvalue weighted by Gasteiger charge is 2.32. The van der Waals surface area contributed by atoms with Gasteiger partial charge >= 0.3 is 0 Å². The minimum atomic E-state index is -2.56. The zero-order valence-corrected chi connectivity index (χ0v) is 11.1. The summed E-state index contributed by atoms with van der Waals surface area (Å²) < 4.78 is 26.8. The fourth-order valence-corrected chi connectivity index (χ4v) is 2.78. The topological polar surface area (TPSA) is 31.9 Å². The van der Waals surface area contributed by atoms with Crippen LogP contribution in [0, 0.1) is 0 Å². The first-order valence-electron chi connectivity index (χ1n) is 6.32. The van der Waals surface area contributed by atoms with Crippen molar-refractivity contribution in [3.05, 3.63) is 23.2 Å². The first-order valence-corrected chi connectivity index (χ1v) is 6.70. The molecular weight excluding hydrogens is 272 g/mol. The summed E-state index contributed by atoms with van der Waals surface area (Å²) in [7, 11) is 0. The average Bonchev–Trinajstić information content (AvgIpc) is 2.70. The van der Waals surface area contributed by atoms with Gasteiger partial charge in [0.1, 0.15) is 0 Å². The summed E-state index contributed by atoms with van der Waals surface area (Å²) in [5.41, 5.74) is 0.832. The Kier molecular flexibility index (Phi) is 3.09. The van der Waals surface area contributed by atoms with Crippen molar-refractivity contribution in [2.75, 3.05) is 18.0 Å². The van der Waals surface area contributed by atoms with Crippen LogP contribution in [0.2, 0.25) is 5.02 Å². The van der Waals surface area contributed by atoms with Gasteiger partial charge in [0.2, 0.25) is 5.92 Å². The summed E-state index contributed by atoms with van der Waals surface area (Å²) in [4.78, 5) is 1.89. The van der Waals surface area contributed by atoms with Gasteiger partial charge in [-0.25, -0.2) is 8.78 Å². The quantitative estimate of drug-likeness (QED) is 0.863. The highest BCUT2D eigenvalue weighted by atomic mass is 35.5. The second-order valence-corrected chi connectivity index (χ2v) is 5.31. The van der Waals surface area contributed by atoms with Gasteiger partial charge in [-0.05, 0) is 18.6 Å². The predicted molar refractivity (Wildman–Crippen MR) is 72.1 cm³/mol. The maximum absolute atomic E-state index is 13.4. The molecular formula is C13H14ClF2N3. The van der Waals surface area contributed by atoms with E-state index in [2.05, 4.69) is 10.2 Å². The van der Waals surface area contributed by atoms with Crippen molar-refractivity contribution in [2.24, 2.45) is 0 Å². The van der Waals surface area contributed by atoms with Crippen LogP contribution in [0.15, 0.2) is 18.2 Å². The van der Waals surface area contributed by atoms with Crippen LogP contribution in [-0.4, -0.2) is 29.2 Å². The number of halogens is 3. The molecule has 1 saturated heterocycles. The van der Waals surface area contributed by atoms with Crippen molar-refractivity contribution >= 4 is 28.3 Å². The number of hydrogen-bond donors (Lipinski definition) is 1. The molecule has 2 aromatic rings. The lowest BCUT2D eigenvalue weighted by molar-refractivity contribution is -0.0102. The zero-order chi connectivity index (χ0) is 13.5. The van der Waals surface area contributed by atoms with Crippen molar-refractivity contribution < 1.29 is 8.78 Å². The first kappa shape index (κ1) is 12.7. The summed E-state index contributed by atoms with van der Waals surface area (Å²) in [6.07, 6.45) is 0.275. The Bertz CT molecular complexity index is 597. The number of aromatic nitrogens is 2. The highest BCUT2D eigenvalue weighted by molar-refractivity contribution is 6.36. The van der Waals surface area contributed by atoms with Crippen molar-refractivity contribution in [2.45, 2.75) is 25.2 Å². The minimum Gasteiger partial charge on any atom is -0.354 e. The van der Waals surface area contributed by atoms with Crippen LogP contribution < -0.4 is 4.90 Å². The van der Waals surface area contributed by atoms with Gasteiger partial charge in [0, 0.05) is 25.9 Å². The number of benzene rings is 1. The van der Waals surface area contributed by atoms with Gasteiger partial charge in [-0.2, -0.15) is 5.10 Å². The molecule has 1 aromatic carbocycles. The van der Waals surface area contributed by atoms with E-state index in [1.165, 1.54) is 0 Å². The Hall–Kier alpha value is -1.36. The molecule has 0 unspecified atom stereocenters. The normalized spacial score (nSPS) is 19.6. The molecule has 0 spiro atoms. The van der Waals surface area contributed by atoms with E-state index < -0.39 is 5.92 Å². The van der Waals surface area contributed by atoms with E-state index in [0.717, 1.165) is 10.9 Å². The molecule has 19 heavy (non-hydrogen) atoms. The molecule has 2 heterocycles.